The van der Waals surface area contributed by atoms with Crippen LogP contribution in [0.15, 0.2) is 91.1 Å². The number of fused-ring (bicyclic) bond motifs is 1. The first-order chi connectivity index (χ1) is 14.9. The van der Waals surface area contributed by atoms with E-state index in [9.17, 15) is 0 Å². The van der Waals surface area contributed by atoms with E-state index in [1.54, 1.807) is 0 Å². The molecule has 1 aliphatic rings. The van der Waals surface area contributed by atoms with Crippen LogP contribution in [0.25, 0.3) is 27.5 Å². The van der Waals surface area contributed by atoms with Crippen LogP contribution in [0.3, 0.4) is 0 Å². The largest absolute Gasteiger partial charge is 0.377 e. The second-order valence-corrected chi connectivity index (χ2v) is 7.51. The van der Waals surface area contributed by atoms with E-state index in [0.29, 0.717) is 6.61 Å². The molecule has 0 bridgehead atoms. The van der Waals surface area contributed by atoms with Gasteiger partial charge in [-0.25, -0.2) is 4.98 Å². The standard InChI is InChI=1S/C27H24N2O/c1-3-8-20(9-4-1)18-28-27-26-23(21-10-5-2-6-11-21)12-7-13-24(26)25(19-29-27)22-14-16-30-17-15-22/h1-14,19H,15-18H2,(H,28,29). The van der Waals surface area contributed by atoms with Gasteiger partial charge >= 0.3 is 0 Å². The molecule has 4 aromatic rings. The van der Waals surface area contributed by atoms with E-state index in [-0.39, 0.29) is 0 Å². The first kappa shape index (κ1) is 18.6. The number of benzene rings is 3. The highest BCUT2D eigenvalue weighted by atomic mass is 16.5. The third-order valence-electron chi connectivity index (χ3n) is 5.61. The molecule has 0 saturated heterocycles. The van der Waals surface area contributed by atoms with Crippen molar-refractivity contribution in [1.29, 1.82) is 0 Å². The first-order valence-corrected chi connectivity index (χ1v) is 10.4. The molecule has 0 atom stereocenters. The van der Waals surface area contributed by atoms with E-state index in [4.69, 9.17) is 9.72 Å². The predicted molar refractivity (Wildman–Crippen MR) is 124 cm³/mol. The van der Waals surface area contributed by atoms with Crippen LogP contribution in [-0.4, -0.2) is 18.2 Å². The summed E-state index contributed by atoms with van der Waals surface area (Å²) in [5.41, 5.74) is 6.16. The normalized spacial score (nSPS) is 13.8. The highest BCUT2D eigenvalue weighted by Gasteiger charge is 2.16. The van der Waals surface area contributed by atoms with Crippen molar-refractivity contribution >= 4 is 22.2 Å². The van der Waals surface area contributed by atoms with Crippen LogP contribution in [0.1, 0.15) is 17.5 Å². The average Bonchev–Trinajstić information content (AvgIpc) is 2.84. The van der Waals surface area contributed by atoms with Crippen LogP contribution in [0, 0.1) is 0 Å². The third-order valence-corrected chi connectivity index (χ3v) is 5.61. The maximum absolute atomic E-state index is 5.53. The molecule has 0 saturated carbocycles. The van der Waals surface area contributed by atoms with Crippen molar-refractivity contribution in [1.82, 2.24) is 4.98 Å². The lowest BCUT2D eigenvalue weighted by molar-refractivity contribution is 0.161. The smallest absolute Gasteiger partial charge is 0.134 e. The van der Waals surface area contributed by atoms with E-state index in [1.807, 2.05) is 12.3 Å². The second kappa shape index (κ2) is 8.52. The van der Waals surface area contributed by atoms with Crippen molar-refractivity contribution in [3.05, 3.63) is 102 Å². The molecule has 0 fully saturated rings. The highest BCUT2D eigenvalue weighted by Crippen LogP contribution is 2.37. The van der Waals surface area contributed by atoms with Gasteiger partial charge in [0.05, 0.1) is 13.2 Å². The minimum atomic E-state index is 0.670. The summed E-state index contributed by atoms with van der Waals surface area (Å²) in [6.07, 6.45) is 5.12. The second-order valence-electron chi connectivity index (χ2n) is 7.51. The van der Waals surface area contributed by atoms with Crippen LogP contribution in [0.2, 0.25) is 0 Å². The topological polar surface area (TPSA) is 34.2 Å². The van der Waals surface area contributed by atoms with Crippen LogP contribution in [0.4, 0.5) is 5.82 Å². The summed E-state index contributed by atoms with van der Waals surface area (Å²) in [6, 6.07) is 27.5. The van der Waals surface area contributed by atoms with Gasteiger partial charge in [0.25, 0.3) is 0 Å². The average molecular weight is 393 g/mol. The van der Waals surface area contributed by atoms with Crippen molar-refractivity contribution < 1.29 is 4.74 Å². The van der Waals surface area contributed by atoms with Crippen molar-refractivity contribution in [3.8, 4) is 11.1 Å². The van der Waals surface area contributed by atoms with Gasteiger partial charge < -0.3 is 10.1 Å². The molecule has 0 radical (unpaired) electrons. The van der Waals surface area contributed by atoms with Crippen molar-refractivity contribution in [3.63, 3.8) is 0 Å². The Kier molecular flexibility index (Phi) is 5.28. The minimum Gasteiger partial charge on any atom is -0.377 e. The Hall–Kier alpha value is -3.43. The van der Waals surface area contributed by atoms with E-state index < -0.39 is 0 Å². The van der Waals surface area contributed by atoms with Gasteiger partial charge in [-0.05, 0) is 34.1 Å². The predicted octanol–water partition coefficient (Wildman–Crippen LogP) is 6.32. The molecule has 0 amide bonds. The molecule has 3 heteroatoms. The summed E-state index contributed by atoms with van der Waals surface area (Å²) in [6.45, 7) is 2.17. The number of nitrogens with zero attached hydrogens (tertiary/aromatic N) is 1. The number of hydrogen-bond donors (Lipinski definition) is 1. The maximum Gasteiger partial charge on any atom is 0.134 e. The summed E-state index contributed by atoms with van der Waals surface area (Å²) in [4.78, 5) is 4.89. The zero-order valence-corrected chi connectivity index (χ0v) is 16.8. The fourth-order valence-corrected chi connectivity index (χ4v) is 4.10. The molecule has 30 heavy (non-hydrogen) atoms. The number of rotatable bonds is 5. The van der Waals surface area contributed by atoms with Crippen molar-refractivity contribution in [2.45, 2.75) is 13.0 Å². The first-order valence-electron chi connectivity index (χ1n) is 10.4. The summed E-state index contributed by atoms with van der Waals surface area (Å²) >= 11 is 0. The minimum absolute atomic E-state index is 0.670. The maximum atomic E-state index is 5.53. The van der Waals surface area contributed by atoms with Gasteiger partial charge in [-0.15, -0.1) is 0 Å². The van der Waals surface area contributed by atoms with Gasteiger partial charge in [0, 0.05) is 23.7 Å². The fraction of sp³-hybridized carbons (Fsp3) is 0.148. The lowest BCUT2D eigenvalue weighted by Crippen LogP contribution is -2.06. The molecule has 1 N–H and O–H groups in total. The van der Waals surface area contributed by atoms with E-state index in [2.05, 4.69) is 84.2 Å². The number of pyridine rings is 1. The van der Waals surface area contributed by atoms with Crippen LogP contribution in [0.5, 0.6) is 0 Å². The Morgan fingerprint density at radius 2 is 1.63 bits per heavy atom. The molecule has 0 unspecified atom stereocenters. The third kappa shape index (κ3) is 3.72. The Morgan fingerprint density at radius 1 is 0.833 bits per heavy atom. The Labute approximate surface area is 177 Å². The van der Waals surface area contributed by atoms with E-state index in [1.165, 1.54) is 38.6 Å². The summed E-state index contributed by atoms with van der Waals surface area (Å²) in [7, 11) is 0. The van der Waals surface area contributed by atoms with E-state index >= 15 is 0 Å². The van der Waals surface area contributed by atoms with Crippen LogP contribution >= 0.6 is 0 Å². The number of hydrogen-bond acceptors (Lipinski definition) is 3. The van der Waals surface area contributed by atoms with Gasteiger partial charge in [-0.2, -0.15) is 0 Å². The number of aromatic nitrogens is 1. The monoisotopic (exact) mass is 392 g/mol. The van der Waals surface area contributed by atoms with E-state index in [0.717, 1.165) is 25.4 Å². The fourth-order valence-electron chi connectivity index (χ4n) is 4.10. The molecule has 0 spiro atoms. The SMILES string of the molecule is C1=C(c2cnc(NCc3ccccc3)c3c(-c4ccccc4)cccc23)CCOC1. The molecule has 0 aliphatic carbocycles. The Balaban J connectivity index is 1.66. The Morgan fingerprint density at radius 3 is 2.40 bits per heavy atom. The number of nitrogens with one attached hydrogen (secondary N) is 1. The summed E-state index contributed by atoms with van der Waals surface area (Å²) < 4.78 is 5.53. The highest BCUT2D eigenvalue weighted by molar-refractivity contribution is 6.07. The van der Waals surface area contributed by atoms with Crippen molar-refractivity contribution in [2.24, 2.45) is 0 Å². The zero-order chi connectivity index (χ0) is 20.2. The van der Waals surface area contributed by atoms with Gasteiger partial charge in [0.2, 0.25) is 0 Å². The quantitative estimate of drug-likeness (QED) is 0.432. The lowest BCUT2D eigenvalue weighted by atomic mass is 9.92. The zero-order valence-electron chi connectivity index (χ0n) is 16.8. The molecular formula is C27H24N2O. The van der Waals surface area contributed by atoms with Crippen LogP contribution in [-0.2, 0) is 11.3 Å². The summed E-state index contributed by atoms with van der Waals surface area (Å²) in [5.74, 6) is 0.921. The van der Waals surface area contributed by atoms with Gasteiger partial charge in [0.1, 0.15) is 5.82 Å². The van der Waals surface area contributed by atoms with Gasteiger partial charge in [-0.3, -0.25) is 0 Å². The summed E-state index contributed by atoms with van der Waals surface area (Å²) in [5, 5.41) is 5.99. The molecule has 1 aromatic heterocycles. The Bertz CT molecular complexity index is 1180. The van der Waals surface area contributed by atoms with Crippen molar-refractivity contribution in [2.75, 3.05) is 18.5 Å². The number of anilines is 1. The molecule has 148 valence electrons. The molecule has 1 aliphatic heterocycles. The number of ether oxygens (including phenoxy) is 1. The van der Waals surface area contributed by atoms with Gasteiger partial charge in [-0.1, -0.05) is 84.9 Å². The van der Waals surface area contributed by atoms with Crippen LogP contribution < -0.4 is 5.32 Å². The molecule has 3 aromatic carbocycles. The molecule has 5 rings (SSSR count). The molecule has 2 heterocycles. The molecular weight excluding hydrogens is 368 g/mol. The molecule has 3 nitrogen and oxygen atoms in total. The van der Waals surface area contributed by atoms with Gasteiger partial charge in [0.15, 0.2) is 0 Å². The lowest BCUT2D eigenvalue weighted by Gasteiger charge is -2.19.